The van der Waals surface area contributed by atoms with Crippen LogP contribution in [0.4, 0.5) is 5.69 Å². The summed E-state index contributed by atoms with van der Waals surface area (Å²) in [6.07, 6.45) is 26.1. The highest BCUT2D eigenvalue weighted by molar-refractivity contribution is 7.24. The van der Waals surface area contributed by atoms with Gasteiger partial charge in [0.05, 0.1) is 37.8 Å². The van der Waals surface area contributed by atoms with E-state index in [-0.39, 0.29) is 16.8 Å². The second-order valence-corrected chi connectivity index (χ2v) is 33.8. The maximum Gasteiger partial charge on any atom is 0.311 e. The van der Waals surface area contributed by atoms with Gasteiger partial charge in [-0.15, -0.1) is 11.3 Å². The molecule has 1 unspecified atom stereocenters. The maximum absolute atomic E-state index is 12.6. The summed E-state index contributed by atoms with van der Waals surface area (Å²) < 4.78 is 33.3. The molecule has 3 aliphatic rings. The number of esters is 1. The quantitative estimate of drug-likeness (QED) is 0.0240. The number of hydrogen-bond donors (Lipinski definition) is 0. The molecular formula is C112H112ClN3O8S. The number of halogens is 1. The Labute approximate surface area is 743 Å². The van der Waals surface area contributed by atoms with E-state index >= 15 is 0 Å². The fraction of sp³-hybridized carbons (Fsp3) is 0.250. The monoisotopic (exact) mass is 1690 g/mol. The van der Waals surface area contributed by atoms with Crippen molar-refractivity contribution in [2.45, 2.75) is 151 Å². The molecule has 16 aromatic rings. The summed E-state index contributed by atoms with van der Waals surface area (Å²) in [6, 6.07) is 85.9. The van der Waals surface area contributed by atoms with Gasteiger partial charge in [0.15, 0.2) is 16.4 Å². The standard InChI is InChI=1S/C24H22O.C22H26O2.C17H16ClNO.C17H16OS.C16H19NO2.C16H13NO/c1-19-3-5-20(6-4-19)7-8-21-9-11-22(12-10-21)13-14-23-15-17-24(25-2)18-16-23;1-3-5-15-23-21-17-11-7-9-13-19(17)22(24-16-6-4-2)20-14-10-8-12-18(20)21;1-2-3-10-19-15-7-5-4-6-13(15)17(20)14-11-12(18)8-9-16(14)19;1-3-11-9-12(4-2)17-14(10-11)16(18)13-7-5-6-8-15(13)19-17;1-10-8-14(18)19-16-12-5-3-7-17-6-2-4-11(15(12)17)9-13(10)16;1-12-6-8-13(9-7-12)10-11-16-17-14-4-2-3-5-15(14)18-16/h3-18H,1-2H3;7-14H,3-6,15-16H2,1-2H3;4-9,11H,2-3,10H2,1H3;5-10H,3-4H2,1-2H3;9-10H,2-8H2,1H3;2-11H,1H3/b8-7+,14-13+;;;;;11-10+. The highest BCUT2D eigenvalue weighted by atomic mass is 35.5. The molecule has 125 heavy (non-hydrogen) atoms. The molecular weight excluding hydrogens is 1580 g/mol. The van der Waals surface area contributed by atoms with Gasteiger partial charge in [0.2, 0.25) is 5.89 Å². The summed E-state index contributed by atoms with van der Waals surface area (Å²) in [5, 5.41) is 8.35. The van der Waals surface area contributed by atoms with Crippen molar-refractivity contribution in [3.05, 3.63) is 353 Å². The van der Waals surface area contributed by atoms with E-state index < -0.39 is 0 Å². The molecule has 0 aliphatic carbocycles. The number of anilines is 1. The number of rotatable bonds is 20. The van der Waals surface area contributed by atoms with Crippen LogP contribution in [-0.2, 0) is 37.0 Å². The first-order valence-electron chi connectivity index (χ1n) is 44.4. The Balaban J connectivity index is 0.000000122. The minimum Gasteiger partial charge on any atom is -0.497 e. The zero-order valence-electron chi connectivity index (χ0n) is 73.4. The topological polar surface area (TPSA) is 122 Å². The number of hydrogen-bond acceptors (Lipinski definition) is 11. The van der Waals surface area contributed by atoms with Crippen molar-refractivity contribution in [2.75, 3.05) is 38.3 Å². The van der Waals surface area contributed by atoms with Crippen LogP contribution in [-0.4, -0.2) is 48.9 Å². The van der Waals surface area contributed by atoms with Crippen molar-refractivity contribution in [3.63, 3.8) is 0 Å². The van der Waals surface area contributed by atoms with Crippen molar-refractivity contribution in [1.29, 1.82) is 0 Å². The van der Waals surface area contributed by atoms with Crippen LogP contribution in [0.15, 0.2) is 269 Å². The number of methoxy groups -OCH3 is 1. The molecule has 1 atom stereocenters. The maximum atomic E-state index is 12.6. The third-order valence-corrected chi connectivity index (χ3v) is 24.7. The SMILES string of the molecule is CC1CC(=O)Oc2c1cc1c3c2CCCN3CCC1.CCCCOc1c2ccccc2c(OCCCC)c2ccccc12.CCCCn1c2ccccc2c(=O)c2cc(Cl)ccc21.CCc1cc(CC)c2sc3ccccc3c(=O)c2c1.COc1ccc(/C=C/c2ccc(/C=C/c3ccc(C)cc3)cc2)cc1.Cc1ccc(/C=C/c2nc3ccccc3o2)cc1. The zero-order valence-corrected chi connectivity index (χ0v) is 75.0. The molecule has 6 heterocycles. The molecule has 13 heteroatoms. The fourth-order valence-corrected chi connectivity index (χ4v) is 17.7. The number of carbonyl (C=O) groups excluding carboxylic acids is 1. The van der Waals surface area contributed by atoms with Gasteiger partial charge in [-0.3, -0.25) is 14.4 Å². The van der Waals surface area contributed by atoms with E-state index in [1.54, 1.807) is 24.5 Å². The minimum atomic E-state index is -0.0656. The van der Waals surface area contributed by atoms with Gasteiger partial charge in [-0.25, -0.2) is 4.98 Å². The summed E-state index contributed by atoms with van der Waals surface area (Å²) in [5.41, 5.74) is 20.3. The van der Waals surface area contributed by atoms with Crippen molar-refractivity contribution in [3.8, 4) is 23.0 Å². The van der Waals surface area contributed by atoms with Crippen molar-refractivity contribution < 1.29 is 28.2 Å². The summed E-state index contributed by atoms with van der Waals surface area (Å²) in [6.45, 7) is 21.9. The molecule has 11 nitrogen and oxygen atoms in total. The van der Waals surface area contributed by atoms with E-state index in [1.165, 1.54) is 80.6 Å². The van der Waals surface area contributed by atoms with Gasteiger partial charge in [-0.2, -0.15) is 0 Å². The van der Waals surface area contributed by atoms with E-state index in [2.05, 4.69) is 234 Å². The zero-order chi connectivity index (χ0) is 87.1. The first-order chi connectivity index (χ1) is 61.1. The van der Waals surface area contributed by atoms with Crippen LogP contribution in [0.2, 0.25) is 5.02 Å². The molecule has 13 aromatic carbocycles. The lowest BCUT2D eigenvalue weighted by Gasteiger charge is -2.39. The van der Waals surface area contributed by atoms with Crippen LogP contribution in [0, 0.1) is 13.8 Å². The predicted octanol–water partition coefficient (Wildman–Crippen LogP) is 28.9. The molecule has 0 bridgehead atoms. The van der Waals surface area contributed by atoms with Gasteiger partial charge < -0.3 is 32.8 Å². The van der Waals surface area contributed by atoms with E-state index in [0.29, 0.717) is 28.6 Å². The van der Waals surface area contributed by atoms with Gasteiger partial charge in [0.1, 0.15) is 28.5 Å². The lowest BCUT2D eigenvalue weighted by Crippen LogP contribution is -2.35. The molecule has 0 radical (unpaired) electrons. The van der Waals surface area contributed by atoms with Crippen molar-refractivity contribution in [1.82, 2.24) is 9.55 Å². The number of pyridine rings is 1. The normalized spacial score (nSPS) is 13.3. The number of aromatic nitrogens is 2. The van der Waals surface area contributed by atoms with Crippen LogP contribution >= 0.6 is 22.9 Å². The van der Waals surface area contributed by atoms with E-state index in [1.807, 2.05) is 121 Å². The van der Waals surface area contributed by atoms with Crippen LogP contribution < -0.4 is 34.7 Å². The largest absolute Gasteiger partial charge is 0.497 e. The summed E-state index contributed by atoms with van der Waals surface area (Å²) in [7, 11) is 1.68. The molecule has 636 valence electrons. The highest BCUT2D eigenvalue weighted by Gasteiger charge is 2.34. The first-order valence-corrected chi connectivity index (χ1v) is 45.6. The summed E-state index contributed by atoms with van der Waals surface area (Å²) >= 11 is 7.79. The molecule has 3 aliphatic heterocycles. The summed E-state index contributed by atoms with van der Waals surface area (Å²) in [4.78, 5) is 43.8. The third kappa shape index (κ3) is 22.0. The number of fused-ring (bicyclic) bond motifs is 9. The van der Waals surface area contributed by atoms with Crippen LogP contribution in [0.3, 0.4) is 0 Å². The number of ether oxygens (including phenoxy) is 4. The Hall–Kier alpha value is -12.6. The molecule has 19 rings (SSSR count). The van der Waals surface area contributed by atoms with Crippen molar-refractivity contribution in [2.24, 2.45) is 0 Å². The van der Waals surface area contributed by atoms with Gasteiger partial charge in [-0.1, -0.05) is 284 Å². The number of carbonyl (C=O) groups is 1. The third-order valence-electron chi connectivity index (χ3n) is 23.2. The van der Waals surface area contributed by atoms with Gasteiger partial charge >= 0.3 is 5.97 Å². The smallest absolute Gasteiger partial charge is 0.311 e. The second-order valence-electron chi connectivity index (χ2n) is 32.3. The molecule has 0 saturated carbocycles. The highest BCUT2D eigenvalue weighted by Crippen LogP contribution is 2.48. The second kappa shape index (κ2) is 43.1. The number of aryl methyl sites for hydroxylation is 6. The predicted molar refractivity (Wildman–Crippen MR) is 529 cm³/mol. The Morgan fingerprint density at radius 1 is 0.504 bits per heavy atom. The number of oxazole rings is 1. The Kier molecular flexibility index (Phi) is 30.6. The lowest BCUT2D eigenvalue weighted by molar-refractivity contribution is -0.135. The van der Waals surface area contributed by atoms with Crippen LogP contribution in [0.1, 0.15) is 178 Å². The minimum absolute atomic E-state index is 0.0610. The lowest BCUT2D eigenvalue weighted by atomic mass is 9.84. The van der Waals surface area contributed by atoms with Crippen LogP contribution in [0.5, 0.6) is 23.0 Å². The average molecular weight is 1700 g/mol. The Morgan fingerprint density at radius 2 is 1.01 bits per heavy atom. The molecule has 0 amide bonds. The van der Waals surface area contributed by atoms with Crippen molar-refractivity contribution >= 4 is 146 Å². The molecule has 0 spiro atoms. The number of nitrogens with zero attached hydrogens (tertiary/aromatic N) is 3. The molecule has 0 saturated heterocycles. The summed E-state index contributed by atoms with van der Waals surface area (Å²) in [5.74, 6) is 4.61. The molecule has 0 fully saturated rings. The van der Waals surface area contributed by atoms with Gasteiger partial charge in [0, 0.05) is 94.5 Å². The van der Waals surface area contributed by atoms with Crippen LogP contribution in [0.25, 0.3) is 111 Å². The fourth-order valence-electron chi connectivity index (χ4n) is 16.3. The number of para-hydroxylation sites is 3. The van der Waals surface area contributed by atoms with E-state index in [9.17, 15) is 14.4 Å². The molecule has 0 N–H and O–H groups in total. The Morgan fingerprint density at radius 3 is 1.57 bits per heavy atom. The van der Waals surface area contributed by atoms with Gasteiger partial charge in [0.25, 0.3) is 0 Å². The number of unbranched alkanes of at least 4 members (excludes halogenated alkanes) is 3. The Bertz CT molecular complexity index is 6480. The van der Waals surface area contributed by atoms with E-state index in [0.717, 1.165) is 194 Å². The molecule has 3 aromatic heterocycles. The average Bonchev–Trinajstić information content (AvgIpc) is 0.969. The number of benzene rings is 13. The first kappa shape index (κ1) is 88.7. The van der Waals surface area contributed by atoms with E-state index in [4.69, 9.17) is 35.0 Å². The van der Waals surface area contributed by atoms with Gasteiger partial charge in [-0.05, 0) is 213 Å².